The van der Waals surface area contributed by atoms with Crippen LogP contribution in [-0.4, -0.2) is 44.3 Å². The van der Waals surface area contributed by atoms with Crippen molar-refractivity contribution < 1.29 is 17.9 Å². The van der Waals surface area contributed by atoms with Gasteiger partial charge in [-0.05, 0) is 44.2 Å². The van der Waals surface area contributed by atoms with Gasteiger partial charge in [-0.25, -0.2) is 8.42 Å². The van der Waals surface area contributed by atoms with E-state index in [1.807, 2.05) is 24.3 Å². The number of rotatable bonds is 6. The van der Waals surface area contributed by atoms with Crippen LogP contribution in [0.25, 0.3) is 0 Å². The third-order valence-corrected chi connectivity index (χ3v) is 6.77. The van der Waals surface area contributed by atoms with Crippen molar-refractivity contribution in [2.24, 2.45) is 5.92 Å². The van der Waals surface area contributed by atoms with Crippen LogP contribution >= 0.6 is 0 Å². The molecule has 1 heterocycles. The molecular formula is C16H23NO4S. The van der Waals surface area contributed by atoms with Crippen LogP contribution in [0.2, 0.25) is 0 Å². The fraction of sp³-hybridized carbons (Fsp3) is 0.625. The molecule has 0 spiro atoms. The van der Waals surface area contributed by atoms with Crippen LogP contribution in [0.4, 0.5) is 0 Å². The molecule has 0 aromatic heterocycles. The third kappa shape index (κ3) is 2.82. The van der Waals surface area contributed by atoms with Crippen molar-refractivity contribution in [2.75, 3.05) is 19.5 Å². The number of ether oxygens (including phenoxy) is 2. The molecule has 1 aromatic carbocycles. The first kappa shape index (κ1) is 15.6. The van der Waals surface area contributed by atoms with Crippen LogP contribution in [0.15, 0.2) is 24.3 Å². The molecule has 1 aromatic rings. The molecule has 3 rings (SSSR count). The number of sulfonamides is 1. The SMILES string of the molecule is CCS(=O)(=O)N1C2CCC(C2)[C@H]1COc1cccc(OC)c1. The molecule has 2 unspecified atom stereocenters. The molecule has 6 heteroatoms. The Morgan fingerprint density at radius 3 is 2.77 bits per heavy atom. The second kappa shape index (κ2) is 6.08. The number of hydrogen-bond donors (Lipinski definition) is 0. The van der Waals surface area contributed by atoms with Gasteiger partial charge in [-0.15, -0.1) is 0 Å². The van der Waals surface area contributed by atoms with E-state index in [9.17, 15) is 8.42 Å². The van der Waals surface area contributed by atoms with E-state index in [0.717, 1.165) is 30.8 Å². The molecule has 2 fully saturated rings. The second-order valence-corrected chi connectivity index (χ2v) is 8.18. The Labute approximate surface area is 132 Å². The van der Waals surface area contributed by atoms with E-state index in [0.29, 0.717) is 12.5 Å². The van der Waals surface area contributed by atoms with Gasteiger partial charge in [-0.1, -0.05) is 6.07 Å². The van der Waals surface area contributed by atoms with Crippen molar-refractivity contribution in [3.8, 4) is 11.5 Å². The Kier molecular flexibility index (Phi) is 4.32. The van der Waals surface area contributed by atoms with Crippen molar-refractivity contribution in [2.45, 2.75) is 38.3 Å². The summed E-state index contributed by atoms with van der Waals surface area (Å²) in [5, 5.41) is 0. The van der Waals surface area contributed by atoms with E-state index in [1.54, 1.807) is 18.3 Å². The van der Waals surface area contributed by atoms with E-state index in [1.165, 1.54) is 0 Å². The predicted octanol–water partition coefficient (Wildman–Crippen LogP) is 2.28. The zero-order valence-corrected chi connectivity index (χ0v) is 13.9. The molecule has 3 atom stereocenters. The zero-order chi connectivity index (χ0) is 15.7. The topological polar surface area (TPSA) is 55.8 Å². The predicted molar refractivity (Wildman–Crippen MR) is 84.7 cm³/mol. The number of piperidine rings is 1. The highest BCUT2D eigenvalue weighted by molar-refractivity contribution is 7.89. The lowest BCUT2D eigenvalue weighted by molar-refractivity contribution is 0.162. The van der Waals surface area contributed by atoms with Gasteiger partial charge in [0.2, 0.25) is 10.0 Å². The zero-order valence-electron chi connectivity index (χ0n) is 13.1. The Balaban J connectivity index is 1.73. The van der Waals surface area contributed by atoms with Gasteiger partial charge in [0.25, 0.3) is 0 Å². The minimum atomic E-state index is -3.17. The summed E-state index contributed by atoms with van der Waals surface area (Å²) < 4.78 is 37.5. The molecule has 122 valence electrons. The van der Waals surface area contributed by atoms with Gasteiger partial charge in [-0.3, -0.25) is 0 Å². The maximum Gasteiger partial charge on any atom is 0.214 e. The van der Waals surface area contributed by atoms with Crippen LogP contribution in [0.5, 0.6) is 11.5 Å². The molecule has 1 aliphatic carbocycles. The monoisotopic (exact) mass is 325 g/mol. The third-order valence-electron chi connectivity index (χ3n) is 4.82. The second-order valence-electron chi connectivity index (χ2n) is 6.01. The fourth-order valence-electron chi connectivity index (χ4n) is 3.72. The normalized spacial score (nSPS) is 28.0. The first-order valence-corrected chi connectivity index (χ1v) is 9.44. The van der Waals surface area contributed by atoms with Gasteiger partial charge in [0, 0.05) is 12.1 Å². The average Bonchev–Trinajstić information content (AvgIpc) is 3.14. The van der Waals surface area contributed by atoms with E-state index in [4.69, 9.17) is 9.47 Å². The van der Waals surface area contributed by atoms with E-state index < -0.39 is 10.0 Å². The molecule has 1 aliphatic heterocycles. The van der Waals surface area contributed by atoms with Gasteiger partial charge in [0.05, 0.1) is 18.9 Å². The van der Waals surface area contributed by atoms with Crippen LogP contribution in [-0.2, 0) is 10.0 Å². The summed E-state index contributed by atoms with van der Waals surface area (Å²) in [4.78, 5) is 0. The Morgan fingerprint density at radius 1 is 1.27 bits per heavy atom. The molecular weight excluding hydrogens is 302 g/mol. The molecule has 0 radical (unpaired) electrons. The van der Waals surface area contributed by atoms with Gasteiger partial charge in [-0.2, -0.15) is 4.31 Å². The summed E-state index contributed by atoms with van der Waals surface area (Å²) in [6, 6.07) is 7.57. The number of hydrogen-bond acceptors (Lipinski definition) is 4. The summed E-state index contributed by atoms with van der Waals surface area (Å²) in [5.41, 5.74) is 0. The highest BCUT2D eigenvalue weighted by atomic mass is 32.2. The lowest BCUT2D eigenvalue weighted by atomic mass is 10.0. The van der Waals surface area contributed by atoms with Crippen LogP contribution in [0, 0.1) is 5.92 Å². The van der Waals surface area contributed by atoms with Crippen LogP contribution < -0.4 is 9.47 Å². The Bertz CT molecular complexity index is 631. The number of benzene rings is 1. The number of nitrogens with zero attached hydrogens (tertiary/aromatic N) is 1. The van der Waals surface area contributed by atoms with Gasteiger partial charge >= 0.3 is 0 Å². The average molecular weight is 325 g/mol. The fourth-order valence-corrected chi connectivity index (χ4v) is 5.30. The summed E-state index contributed by atoms with van der Waals surface area (Å²) in [6.45, 7) is 2.12. The smallest absolute Gasteiger partial charge is 0.214 e. The van der Waals surface area contributed by atoms with E-state index in [2.05, 4.69) is 0 Å². The molecule has 0 amide bonds. The maximum absolute atomic E-state index is 12.4. The van der Waals surface area contributed by atoms with Gasteiger partial charge in [0.15, 0.2) is 0 Å². The minimum Gasteiger partial charge on any atom is -0.497 e. The molecule has 5 nitrogen and oxygen atoms in total. The Hall–Kier alpha value is -1.27. The molecule has 22 heavy (non-hydrogen) atoms. The summed E-state index contributed by atoms with van der Waals surface area (Å²) >= 11 is 0. The van der Waals surface area contributed by atoms with Crippen LogP contribution in [0.1, 0.15) is 26.2 Å². The first-order chi connectivity index (χ1) is 10.5. The minimum absolute atomic E-state index is 0.0325. The maximum atomic E-state index is 12.4. The van der Waals surface area contributed by atoms with Crippen molar-refractivity contribution in [1.29, 1.82) is 0 Å². The highest BCUT2D eigenvalue weighted by Crippen LogP contribution is 2.44. The van der Waals surface area contributed by atoms with E-state index >= 15 is 0 Å². The lowest BCUT2D eigenvalue weighted by Crippen LogP contribution is -2.48. The summed E-state index contributed by atoms with van der Waals surface area (Å²) in [6.07, 6.45) is 3.07. The van der Waals surface area contributed by atoms with Crippen LogP contribution in [0.3, 0.4) is 0 Å². The van der Waals surface area contributed by atoms with Crippen molar-refractivity contribution in [3.63, 3.8) is 0 Å². The number of fused-ring (bicyclic) bond motifs is 2. The molecule has 2 bridgehead atoms. The molecule has 1 saturated carbocycles. The van der Waals surface area contributed by atoms with Gasteiger partial charge < -0.3 is 9.47 Å². The number of methoxy groups -OCH3 is 1. The van der Waals surface area contributed by atoms with Gasteiger partial charge in [0.1, 0.15) is 18.1 Å². The summed E-state index contributed by atoms with van der Waals surface area (Å²) in [5.74, 6) is 2.04. The first-order valence-electron chi connectivity index (χ1n) is 7.83. The quantitative estimate of drug-likeness (QED) is 0.805. The molecule has 2 aliphatic rings. The summed E-state index contributed by atoms with van der Waals surface area (Å²) in [7, 11) is -1.55. The largest absolute Gasteiger partial charge is 0.497 e. The van der Waals surface area contributed by atoms with Crippen molar-refractivity contribution in [1.82, 2.24) is 4.31 Å². The van der Waals surface area contributed by atoms with Crippen molar-refractivity contribution >= 4 is 10.0 Å². The Morgan fingerprint density at radius 2 is 2.05 bits per heavy atom. The highest BCUT2D eigenvalue weighted by Gasteiger charge is 2.50. The molecule has 1 saturated heterocycles. The standard InChI is InChI=1S/C16H23NO4S/c1-3-22(18,19)17-13-8-7-12(9-13)16(17)11-21-15-6-4-5-14(10-15)20-2/h4-6,10,12-13,16H,3,7-9,11H2,1-2H3/t12?,13?,16-/m1/s1. The van der Waals surface area contributed by atoms with Crippen molar-refractivity contribution in [3.05, 3.63) is 24.3 Å². The van der Waals surface area contributed by atoms with E-state index in [-0.39, 0.29) is 17.8 Å². The molecule has 0 N–H and O–H groups in total. The lowest BCUT2D eigenvalue weighted by Gasteiger charge is -2.33.